The topological polar surface area (TPSA) is 76.6 Å². The number of aliphatic carboxylic acids is 1. The van der Waals surface area contributed by atoms with Crippen LogP contribution in [0.1, 0.15) is 23.7 Å². The molecule has 5 heteroatoms. The van der Waals surface area contributed by atoms with Gasteiger partial charge in [-0.1, -0.05) is 11.6 Å². The zero-order valence-electron chi connectivity index (χ0n) is 12.2. The zero-order chi connectivity index (χ0) is 15.1. The molecule has 0 bridgehead atoms. The number of likely N-dealkylation sites (tertiary alicyclic amines) is 1. The van der Waals surface area contributed by atoms with E-state index in [1.807, 2.05) is 18.0 Å². The summed E-state index contributed by atoms with van der Waals surface area (Å²) >= 11 is 0. The summed E-state index contributed by atoms with van der Waals surface area (Å²) in [6.45, 7) is 2.41. The lowest BCUT2D eigenvalue weighted by Gasteiger charge is -2.38. The number of aryl methyl sites for hydroxylation is 1. The van der Waals surface area contributed by atoms with E-state index in [9.17, 15) is 9.90 Å². The summed E-state index contributed by atoms with van der Waals surface area (Å²) in [5.74, 6) is -1.64. The molecule has 3 atom stereocenters. The van der Waals surface area contributed by atoms with Crippen LogP contribution >= 0.6 is 0 Å². The molecule has 0 aliphatic carbocycles. The van der Waals surface area contributed by atoms with Crippen molar-refractivity contribution in [3.8, 4) is 0 Å². The molecule has 1 saturated heterocycles. The van der Waals surface area contributed by atoms with Gasteiger partial charge in [0, 0.05) is 17.8 Å². The van der Waals surface area contributed by atoms with Gasteiger partial charge in [-0.2, -0.15) is 0 Å². The average Bonchev–Trinajstić information content (AvgIpc) is 2.83. The molecule has 1 aliphatic heterocycles. The van der Waals surface area contributed by atoms with Gasteiger partial charge in [-0.15, -0.1) is 0 Å². The van der Waals surface area contributed by atoms with Crippen molar-refractivity contribution in [3.05, 3.63) is 35.5 Å². The summed E-state index contributed by atoms with van der Waals surface area (Å²) in [5.41, 5.74) is 3.30. The van der Waals surface area contributed by atoms with Crippen LogP contribution in [-0.4, -0.2) is 45.8 Å². The zero-order valence-corrected chi connectivity index (χ0v) is 12.2. The Kier molecular flexibility index (Phi) is 3.47. The van der Waals surface area contributed by atoms with Crippen molar-refractivity contribution in [2.45, 2.75) is 25.5 Å². The highest BCUT2D eigenvalue weighted by Crippen LogP contribution is 2.33. The van der Waals surface area contributed by atoms with Crippen molar-refractivity contribution >= 4 is 16.9 Å². The standard InChI is InChI=1S/C16H20N2O3/c1-9-3-4-12-10(5-9)6-13(17-12)14-7-15(19)11(16(20)21)8-18(14)2/h3-6,11,14-15,17,19H,7-8H2,1-2H3,(H,20,21). The fourth-order valence-electron chi connectivity index (χ4n) is 3.19. The number of carboxylic acids is 1. The number of aliphatic hydroxyl groups is 1. The van der Waals surface area contributed by atoms with Gasteiger partial charge in [0.2, 0.25) is 0 Å². The molecule has 112 valence electrons. The third kappa shape index (κ3) is 2.54. The molecule has 5 nitrogen and oxygen atoms in total. The number of fused-ring (bicyclic) bond motifs is 1. The summed E-state index contributed by atoms with van der Waals surface area (Å²) < 4.78 is 0. The number of H-pyrrole nitrogens is 1. The molecule has 3 rings (SSSR count). The SMILES string of the molecule is Cc1ccc2[nH]c(C3CC(O)C(C(=O)O)CN3C)cc2c1. The number of nitrogens with zero attached hydrogens (tertiary/aromatic N) is 1. The maximum absolute atomic E-state index is 11.1. The third-order valence-electron chi connectivity index (χ3n) is 4.42. The van der Waals surface area contributed by atoms with Gasteiger partial charge < -0.3 is 15.2 Å². The minimum Gasteiger partial charge on any atom is -0.481 e. The number of nitrogens with one attached hydrogen (secondary N) is 1. The van der Waals surface area contributed by atoms with Crippen LogP contribution in [0, 0.1) is 12.8 Å². The van der Waals surface area contributed by atoms with Crippen LogP contribution in [-0.2, 0) is 4.79 Å². The molecule has 0 spiro atoms. The van der Waals surface area contributed by atoms with E-state index in [1.165, 1.54) is 5.56 Å². The fraction of sp³-hybridized carbons (Fsp3) is 0.438. The van der Waals surface area contributed by atoms with Crippen LogP contribution in [0.25, 0.3) is 10.9 Å². The first kappa shape index (κ1) is 14.1. The lowest BCUT2D eigenvalue weighted by molar-refractivity contribution is -0.150. The molecule has 1 aliphatic rings. The van der Waals surface area contributed by atoms with Crippen LogP contribution < -0.4 is 0 Å². The van der Waals surface area contributed by atoms with Gasteiger partial charge in [-0.05, 0) is 44.0 Å². The quantitative estimate of drug-likeness (QED) is 0.789. The first-order valence-electron chi connectivity index (χ1n) is 7.16. The minimum absolute atomic E-state index is 0.0170. The monoisotopic (exact) mass is 288 g/mol. The van der Waals surface area contributed by atoms with Gasteiger partial charge in [0.1, 0.15) is 0 Å². The smallest absolute Gasteiger partial charge is 0.310 e. The molecule has 2 aromatic rings. The Labute approximate surface area is 123 Å². The summed E-state index contributed by atoms with van der Waals surface area (Å²) in [6.07, 6.45) is -0.379. The first-order chi connectivity index (χ1) is 9.95. The summed E-state index contributed by atoms with van der Waals surface area (Å²) in [7, 11) is 1.91. The Balaban J connectivity index is 1.90. The molecule has 3 unspecified atom stereocenters. The molecule has 1 fully saturated rings. The van der Waals surface area contributed by atoms with E-state index in [-0.39, 0.29) is 6.04 Å². The predicted molar refractivity (Wildman–Crippen MR) is 80.2 cm³/mol. The van der Waals surface area contributed by atoms with Crippen LogP contribution in [0.3, 0.4) is 0 Å². The summed E-state index contributed by atoms with van der Waals surface area (Å²) in [6, 6.07) is 8.34. The van der Waals surface area contributed by atoms with Crippen molar-refractivity contribution in [2.75, 3.05) is 13.6 Å². The Morgan fingerprint density at radius 3 is 2.86 bits per heavy atom. The van der Waals surface area contributed by atoms with E-state index < -0.39 is 18.0 Å². The number of piperidine rings is 1. The number of carbonyl (C=O) groups is 1. The van der Waals surface area contributed by atoms with Gasteiger partial charge in [0.15, 0.2) is 0 Å². The predicted octanol–water partition coefficient (Wildman–Crippen LogP) is 1.91. The van der Waals surface area contributed by atoms with E-state index in [4.69, 9.17) is 5.11 Å². The number of aromatic nitrogens is 1. The number of hydrogen-bond donors (Lipinski definition) is 3. The number of benzene rings is 1. The van der Waals surface area contributed by atoms with Crippen molar-refractivity contribution < 1.29 is 15.0 Å². The van der Waals surface area contributed by atoms with E-state index in [0.717, 1.165) is 16.6 Å². The van der Waals surface area contributed by atoms with E-state index in [2.05, 4.69) is 30.1 Å². The van der Waals surface area contributed by atoms with Crippen LogP contribution in [0.2, 0.25) is 0 Å². The normalized spacial score (nSPS) is 27.1. The Morgan fingerprint density at radius 2 is 2.14 bits per heavy atom. The number of hydrogen-bond acceptors (Lipinski definition) is 3. The summed E-state index contributed by atoms with van der Waals surface area (Å²) in [5, 5.41) is 20.4. The highest BCUT2D eigenvalue weighted by atomic mass is 16.4. The van der Waals surface area contributed by atoms with Gasteiger partial charge >= 0.3 is 5.97 Å². The summed E-state index contributed by atoms with van der Waals surface area (Å²) in [4.78, 5) is 16.5. The van der Waals surface area contributed by atoms with Gasteiger partial charge in [-0.3, -0.25) is 9.69 Å². The number of aromatic amines is 1. The highest BCUT2D eigenvalue weighted by Gasteiger charge is 2.38. The van der Waals surface area contributed by atoms with Gasteiger partial charge in [0.05, 0.1) is 18.1 Å². The second kappa shape index (κ2) is 5.16. The second-order valence-electron chi connectivity index (χ2n) is 6.02. The molecular weight excluding hydrogens is 268 g/mol. The lowest BCUT2D eigenvalue weighted by atomic mass is 9.89. The van der Waals surface area contributed by atoms with Crippen molar-refractivity contribution in [3.63, 3.8) is 0 Å². The second-order valence-corrected chi connectivity index (χ2v) is 6.02. The molecule has 1 aromatic heterocycles. The molecule has 0 amide bonds. The van der Waals surface area contributed by atoms with Crippen LogP contribution in [0.5, 0.6) is 0 Å². The maximum atomic E-state index is 11.1. The van der Waals surface area contributed by atoms with Crippen molar-refractivity contribution in [1.82, 2.24) is 9.88 Å². The third-order valence-corrected chi connectivity index (χ3v) is 4.42. The van der Waals surface area contributed by atoms with Gasteiger partial charge in [0.25, 0.3) is 0 Å². The van der Waals surface area contributed by atoms with Crippen molar-refractivity contribution in [2.24, 2.45) is 5.92 Å². The number of rotatable bonds is 2. The Morgan fingerprint density at radius 1 is 1.38 bits per heavy atom. The molecule has 3 N–H and O–H groups in total. The highest BCUT2D eigenvalue weighted by molar-refractivity contribution is 5.81. The molecular formula is C16H20N2O3. The Hall–Kier alpha value is -1.85. The average molecular weight is 288 g/mol. The molecule has 0 saturated carbocycles. The Bertz CT molecular complexity index is 679. The number of aliphatic hydroxyl groups excluding tert-OH is 1. The van der Waals surface area contributed by atoms with Crippen LogP contribution in [0.4, 0.5) is 0 Å². The van der Waals surface area contributed by atoms with Gasteiger partial charge in [-0.25, -0.2) is 0 Å². The van der Waals surface area contributed by atoms with Crippen molar-refractivity contribution in [1.29, 1.82) is 0 Å². The molecule has 1 aromatic carbocycles. The van der Waals surface area contributed by atoms with E-state index in [1.54, 1.807) is 0 Å². The van der Waals surface area contributed by atoms with Crippen LogP contribution in [0.15, 0.2) is 24.3 Å². The maximum Gasteiger partial charge on any atom is 0.310 e. The lowest BCUT2D eigenvalue weighted by Crippen LogP contribution is -2.46. The largest absolute Gasteiger partial charge is 0.481 e. The fourth-order valence-corrected chi connectivity index (χ4v) is 3.19. The number of carboxylic acid groups (broad SMARTS) is 1. The molecule has 2 heterocycles. The van der Waals surface area contributed by atoms with E-state index >= 15 is 0 Å². The first-order valence-corrected chi connectivity index (χ1v) is 7.16. The minimum atomic E-state index is -0.930. The molecule has 0 radical (unpaired) electrons. The van der Waals surface area contributed by atoms with E-state index in [0.29, 0.717) is 13.0 Å². The molecule has 21 heavy (non-hydrogen) atoms.